The fraction of sp³-hybridized carbons (Fsp3) is 0.650. The van der Waals surface area contributed by atoms with Crippen molar-refractivity contribution < 1.29 is 4.79 Å². The Hall–Kier alpha value is -1.73. The number of likely N-dealkylation sites (tertiary alicyclic amines) is 1. The fourth-order valence-corrected chi connectivity index (χ4v) is 5.24. The van der Waals surface area contributed by atoms with Crippen molar-refractivity contribution in [1.82, 2.24) is 19.8 Å². The van der Waals surface area contributed by atoms with E-state index in [1.807, 2.05) is 4.90 Å². The van der Waals surface area contributed by atoms with E-state index in [-0.39, 0.29) is 5.91 Å². The minimum atomic E-state index is 0.171. The summed E-state index contributed by atoms with van der Waals surface area (Å²) < 4.78 is 0. The summed E-state index contributed by atoms with van der Waals surface area (Å²) >= 11 is 1.53. The number of fused-ring (bicyclic) bond motifs is 1. The fourth-order valence-electron chi connectivity index (χ4n) is 4.13. The van der Waals surface area contributed by atoms with E-state index in [0.717, 1.165) is 91.0 Å². The van der Waals surface area contributed by atoms with Crippen molar-refractivity contribution in [1.29, 1.82) is 0 Å². The van der Waals surface area contributed by atoms with Crippen molar-refractivity contribution >= 4 is 33.3 Å². The van der Waals surface area contributed by atoms with Crippen molar-refractivity contribution in [2.45, 2.75) is 33.6 Å². The van der Waals surface area contributed by atoms with Crippen LogP contribution in [0.15, 0.2) is 6.33 Å². The second kappa shape index (κ2) is 7.72. The first-order valence-electron chi connectivity index (χ1n) is 10.1. The van der Waals surface area contributed by atoms with Gasteiger partial charge in [-0.1, -0.05) is 13.8 Å². The number of carbonyl (C=O) groups excluding carboxylic acids is 1. The van der Waals surface area contributed by atoms with E-state index in [4.69, 9.17) is 0 Å². The molecule has 0 bridgehead atoms. The van der Waals surface area contributed by atoms with Crippen molar-refractivity contribution in [3.8, 4) is 0 Å². The zero-order valence-electron chi connectivity index (χ0n) is 16.6. The monoisotopic (exact) mass is 387 g/mol. The Kier molecular flexibility index (Phi) is 5.32. The van der Waals surface area contributed by atoms with Gasteiger partial charge in [-0.2, -0.15) is 0 Å². The van der Waals surface area contributed by atoms with Crippen LogP contribution in [0.3, 0.4) is 0 Å². The van der Waals surface area contributed by atoms with E-state index in [9.17, 15) is 4.79 Å². The van der Waals surface area contributed by atoms with Gasteiger partial charge in [-0.15, -0.1) is 11.3 Å². The second-order valence-electron chi connectivity index (χ2n) is 7.83. The molecule has 6 nitrogen and oxygen atoms in total. The molecule has 2 aromatic heterocycles. The summed E-state index contributed by atoms with van der Waals surface area (Å²) in [6.07, 6.45) is 3.85. The molecule has 2 aliphatic rings. The number of amides is 1. The number of likely N-dealkylation sites (N-methyl/N-ethyl adjacent to an activating group) is 1. The summed E-state index contributed by atoms with van der Waals surface area (Å²) in [6, 6.07) is 0. The lowest BCUT2D eigenvalue weighted by Crippen LogP contribution is -2.46. The van der Waals surface area contributed by atoms with Crippen LogP contribution in [0.5, 0.6) is 0 Å². The number of aryl methyl sites for hydroxylation is 1. The maximum Gasteiger partial charge on any atom is 0.264 e. The van der Waals surface area contributed by atoms with Gasteiger partial charge < -0.3 is 14.7 Å². The number of rotatable bonds is 3. The highest BCUT2D eigenvalue weighted by Crippen LogP contribution is 2.36. The molecular formula is C20H29N5OS. The normalized spacial score (nSPS) is 19.8. The molecule has 0 N–H and O–H groups in total. The number of nitrogens with zero attached hydrogens (tertiary/aromatic N) is 5. The third-order valence-corrected chi connectivity index (χ3v) is 7.28. The summed E-state index contributed by atoms with van der Waals surface area (Å²) in [4.78, 5) is 30.8. The number of piperidine rings is 1. The van der Waals surface area contributed by atoms with E-state index in [1.54, 1.807) is 6.33 Å². The SMILES string of the molecule is CCN1CCN(c2ncnc3sc(C(=O)N4CCC(C)CC4)c(C)c23)CC1. The number of aromatic nitrogens is 2. The number of thiophene rings is 1. The zero-order chi connectivity index (χ0) is 19.0. The molecule has 0 unspecified atom stereocenters. The molecule has 4 heterocycles. The largest absolute Gasteiger partial charge is 0.353 e. The number of piperazine rings is 1. The molecule has 2 saturated heterocycles. The molecule has 27 heavy (non-hydrogen) atoms. The first-order chi connectivity index (χ1) is 13.1. The third kappa shape index (κ3) is 3.55. The highest BCUT2D eigenvalue weighted by Gasteiger charge is 2.27. The molecule has 0 aromatic carbocycles. The van der Waals surface area contributed by atoms with Crippen molar-refractivity contribution in [3.63, 3.8) is 0 Å². The molecule has 2 aromatic rings. The topological polar surface area (TPSA) is 52.6 Å². The predicted octanol–water partition coefficient (Wildman–Crippen LogP) is 3.01. The highest BCUT2D eigenvalue weighted by molar-refractivity contribution is 7.20. The Balaban J connectivity index is 1.63. The van der Waals surface area contributed by atoms with Gasteiger partial charge in [0.2, 0.25) is 0 Å². The molecule has 2 fully saturated rings. The van der Waals surface area contributed by atoms with E-state index in [2.05, 4.69) is 40.5 Å². The maximum atomic E-state index is 13.1. The average molecular weight is 388 g/mol. The maximum absolute atomic E-state index is 13.1. The van der Waals surface area contributed by atoms with Gasteiger partial charge in [-0.05, 0) is 37.8 Å². The zero-order valence-corrected chi connectivity index (χ0v) is 17.4. The van der Waals surface area contributed by atoms with Gasteiger partial charge in [-0.25, -0.2) is 9.97 Å². The van der Waals surface area contributed by atoms with Gasteiger partial charge in [0.25, 0.3) is 5.91 Å². The Morgan fingerprint density at radius 2 is 1.85 bits per heavy atom. The van der Waals surface area contributed by atoms with Crippen LogP contribution in [-0.2, 0) is 0 Å². The van der Waals surface area contributed by atoms with Gasteiger partial charge in [-0.3, -0.25) is 4.79 Å². The lowest BCUT2D eigenvalue weighted by atomic mass is 9.99. The number of hydrogen-bond donors (Lipinski definition) is 0. The van der Waals surface area contributed by atoms with Crippen LogP contribution >= 0.6 is 11.3 Å². The molecule has 0 aliphatic carbocycles. The summed E-state index contributed by atoms with van der Waals surface area (Å²) in [6.45, 7) is 13.4. The van der Waals surface area contributed by atoms with Crippen LogP contribution in [0.4, 0.5) is 5.82 Å². The molecule has 0 spiro atoms. The molecule has 0 atom stereocenters. The molecule has 0 saturated carbocycles. The Labute approximate surface area is 165 Å². The van der Waals surface area contributed by atoms with E-state index in [1.165, 1.54) is 11.3 Å². The van der Waals surface area contributed by atoms with Crippen LogP contribution in [0.1, 0.15) is 41.9 Å². The minimum Gasteiger partial charge on any atom is -0.353 e. The predicted molar refractivity (Wildman–Crippen MR) is 111 cm³/mol. The standard InChI is InChI=1S/C20H29N5OS/c1-4-23-9-11-24(12-10-23)18-16-15(3)17(27-19(16)22-13-21-18)20(26)25-7-5-14(2)6-8-25/h13-14H,4-12H2,1-3H3. The quantitative estimate of drug-likeness (QED) is 0.810. The van der Waals surface area contributed by atoms with Gasteiger partial charge in [0.15, 0.2) is 0 Å². The van der Waals surface area contributed by atoms with Gasteiger partial charge in [0.1, 0.15) is 17.0 Å². The average Bonchev–Trinajstić information content (AvgIpc) is 3.05. The summed E-state index contributed by atoms with van der Waals surface area (Å²) in [5, 5.41) is 1.07. The molecule has 4 rings (SSSR count). The van der Waals surface area contributed by atoms with E-state index < -0.39 is 0 Å². The number of carbonyl (C=O) groups is 1. The summed E-state index contributed by atoms with van der Waals surface area (Å²) in [5.41, 5.74) is 1.05. The first kappa shape index (κ1) is 18.6. The molecule has 2 aliphatic heterocycles. The number of anilines is 1. The van der Waals surface area contributed by atoms with Crippen LogP contribution in [0, 0.1) is 12.8 Å². The minimum absolute atomic E-state index is 0.171. The molecule has 146 valence electrons. The third-order valence-electron chi connectivity index (χ3n) is 6.09. The van der Waals surface area contributed by atoms with Gasteiger partial charge >= 0.3 is 0 Å². The molecular weight excluding hydrogens is 358 g/mol. The van der Waals surface area contributed by atoms with Gasteiger partial charge in [0, 0.05) is 39.3 Å². The van der Waals surface area contributed by atoms with Crippen LogP contribution < -0.4 is 4.90 Å². The van der Waals surface area contributed by atoms with Crippen LogP contribution in [0.2, 0.25) is 0 Å². The molecule has 0 radical (unpaired) electrons. The van der Waals surface area contributed by atoms with Gasteiger partial charge in [0.05, 0.1) is 10.3 Å². The van der Waals surface area contributed by atoms with Crippen molar-refractivity contribution in [2.24, 2.45) is 5.92 Å². The lowest BCUT2D eigenvalue weighted by molar-refractivity contribution is 0.0701. The van der Waals surface area contributed by atoms with Crippen LogP contribution in [-0.4, -0.2) is 71.5 Å². The Morgan fingerprint density at radius 3 is 2.52 bits per heavy atom. The molecule has 7 heteroatoms. The number of hydrogen-bond acceptors (Lipinski definition) is 6. The Morgan fingerprint density at radius 1 is 1.15 bits per heavy atom. The smallest absolute Gasteiger partial charge is 0.264 e. The van der Waals surface area contributed by atoms with E-state index in [0.29, 0.717) is 0 Å². The van der Waals surface area contributed by atoms with Crippen LogP contribution in [0.25, 0.3) is 10.2 Å². The summed E-state index contributed by atoms with van der Waals surface area (Å²) in [5.74, 6) is 1.89. The first-order valence-corrected chi connectivity index (χ1v) is 10.9. The summed E-state index contributed by atoms with van der Waals surface area (Å²) in [7, 11) is 0. The molecule has 1 amide bonds. The lowest BCUT2D eigenvalue weighted by Gasteiger charge is -2.35. The van der Waals surface area contributed by atoms with Crippen molar-refractivity contribution in [3.05, 3.63) is 16.8 Å². The Bertz CT molecular complexity index is 819. The van der Waals surface area contributed by atoms with E-state index >= 15 is 0 Å². The van der Waals surface area contributed by atoms with Crippen molar-refractivity contribution in [2.75, 3.05) is 50.7 Å². The highest BCUT2D eigenvalue weighted by atomic mass is 32.1. The second-order valence-corrected chi connectivity index (χ2v) is 8.83.